The maximum atomic E-state index is 14.2. The molecule has 0 saturated heterocycles. The van der Waals surface area contributed by atoms with Gasteiger partial charge in [0.2, 0.25) is 21.8 Å². The lowest BCUT2D eigenvalue weighted by molar-refractivity contribution is -0.141. The lowest BCUT2D eigenvalue weighted by atomic mass is 10.1. The van der Waals surface area contributed by atoms with E-state index in [0.717, 1.165) is 0 Å². The molecule has 33 heavy (non-hydrogen) atoms. The molecule has 2 aromatic rings. The summed E-state index contributed by atoms with van der Waals surface area (Å²) < 4.78 is 40.7. The third-order valence-electron chi connectivity index (χ3n) is 5.21. The summed E-state index contributed by atoms with van der Waals surface area (Å²) in [5, 5.41) is 2.78. The lowest BCUT2D eigenvalue weighted by Gasteiger charge is -2.29. The third kappa shape index (κ3) is 7.36. The van der Waals surface area contributed by atoms with E-state index in [-0.39, 0.29) is 48.7 Å². The van der Waals surface area contributed by atoms with Gasteiger partial charge in [0.15, 0.2) is 0 Å². The summed E-state index contributed by atoms with van der Waals surface area (Å²) in [5.74, 6) is -1.14. The molecule has 0 aliphatic carbocycles. The average Bonchev–Trinajstić information content (AvgIpc) is 2.78. The van der Waals surface area contributed by atoms with Gasteiger partial charge in [0.25, 0.3) is 0 Å². The second-order valence-corrected chi connectivity index (χ2v) is 10.2. The predicted molar refractivity (Wildman–Crippen MR) is 125 cm³/mol. The molecule has 2 aromatic carbocycles. The van der Waals surface area contributed by atoms with Crippen LogP contribution in [-0.2, 0) is 26.2 Å². The minimum absolute atomic E-state index is 0.0163. The van der Waals surface area contributed by atoms with Crippen molar-refractivity contribution in [2.75, 3.05) is 13.6 Å². The summed E-state index contributed by atoms with van der Waals surface area (Å²) >= 11 is 0. The van der Waals surface area contributed by atoms with E-state index in [0.29, 0.717) is 5.56 Å². The maximum absolute atomic E-state index is 14.2. The highest BCUT2D eigenvalue weighted by molar-refractivity contribution is 7.89. The predicted octanol–water partition coefficient (Wildman–Crippen LogP) is 3.17. The smallest absolute Gasteiger partial charge is 0.242 e. The molecule has 9 heteroatoms. The number of benzene rings is 2. The van der Waals surface area contributed by atoms with E-state index in [1.807, 2.05) is 13.8 Å². The first-order chi connectivity index (χ1) is 15.5. The van der Waals surface area contributed by atoms with Crippen LogP contribution in [0.1, 0.15) is 39.2 Å². The molecule has 0 aliphatic heterocycles. The van der Waals surface area contributed by atoms with Crippen LogP contribution >= 0.6 is 0 Å². The van der Waals surface area contributed by atoms with Crippen molar-refractivity contribution in [2.45, 2.75) is 57.1 Å². The Morgan fingerprint density at radius 3 is 2.21 bits per heavy atom. The fourth-order valence-electron chi connectivity index (χ4n) is 3.29. The molecule has 0 unspecified atom stereocenters. The van der Waals surface area contributed by atoms with Gasteiger partial charge in [-0.05, 0) is 45.4 Å². The molecule has 1 atom stereocenters. The molecule has 180 valence electrons. The maximum Gasteiger partial charge on any atom is 0.242 e. The van der Waals surface area contributed by atoms with E-state index in [4.69, 9.17) is 0 Å². The molecule has 2 rings (SSSR count). The summed E-state index contributed by atoms with van der Waals surface area (Å²) in [6.07, 6.45) is 0.274. The van der Waals surface area contributed by atoms with Crippen LogP contribution in [0.15, 0.2) is 59.5 Å². The van der Waals surface area contributed by atoms with Crippen molar-refractivity contribution in [2.24, 2.45) is 0 Å². The Morgan fingerprint density at radius 2 is 1.61 bits per heavy atom. The van der Waals surface area contributed by atoms with Gasteiger partial charge in [-0.15, -0.1) is 0 Å². The van der Waals surface area contributed by atoms with E-state index in [9.17, 15) is 22.4 Å². The van der Waals surface area contributed by atoms with E-state index in [2.05, 4.69) is 5.32 Å². The Morgan fingerprint density at radius 1 is 1.00 bits per heavy atom. The zero-order chi connectivity index (χ0) is 24.6. The van der Waals surface area contributed by atoms with Crippen LogP contribution < -0.4 is 5.32 Å². The fraction of sp³-hybridized carbons (Fsp3) is 0.417. The van der Waals surface area contributed by atoms with Crippen LogP contribution in [0.5, 0.6) is 0 Å². The Hall–Kier alpha value is -2.78. The molecule has 0 aromatic heterocycles. The van der Waals surface area contributed by atoms with Gasteiger partial charge in [0.05, 0.1) is 4.90 Å². The molecular formula is C24H32FN3O4S. The summed E-state index contributed by atoms with van der Waals surface area (Å²) in [6.45, 7) is 5.30. The van der Waals surface area contributed by atoms with Crippen molar-refractivity contribution < 1.29 is 22.4 Å². The molecule has 0 aliphatic rings. The SMILES string of the molecule is CC(C)NC(=O)[C@H](C)N(Cc1ccccc1F)C(=O)CCCN(C)S(=O)(=O)c1ccccc1. The zero-order valence-electron chi connectivity index (χ0n) is 19.5. The molecule has 0 radical (unpaired) electrons. The molecule has 0 bridgehead atoms. The number of rotatable bonds is 11. The van der Waals surface area contributed by atoms with Gasteiger partial charge in [-0.25, -0.2) is 17.1 Å². The zero-order valence-corrected chi connectivity index (χ0v) is 20.3. The highest BCUT2D eigenvalue weighted by Crippen LogP contribution is 2.17. The minimum Gasteiger partial charge on any atom is -0.352 e. The monoisotopic (exact) mass is 477 g/mol. The average molecular weight is 478 g/mol. The number of hydrogen-bond acceptors (Lipinski definition) is 4. The number of carbonyl (C=O) groups excluding carboxylic acids is 2. The van der Waals surface area contributed by atoms with E-state index >= 15 is 0 Å². The summed E-state index contributed by atoms with van der Waals surface area (Å²) in [6, 6.07) is 13.2. The van der Waals surface area contributed by atoms with Crippen LogP contribution in [0.25, 0.3) is 0 Å². The number of sulfonamides is 1. The first-order valence-corrected chi connectivity index (χ1v) is 12.3. The van der Waals surface area contributed by atoms with Crippen molar-refractivity contribution in [3.63, 3.8) is 0 Å². The summed E-state index contributed by atoms with van der Waals surface area (Å²) in [4.78, 5) is 27.1. The van der Waals surface area contributed by atoms with Gasteiger partial charge in [0, 0.05) is 38.2 Å². The van der Waals surface area contributed by atoms with Gasteiger partial charge in [0.1, 0.15) is 11.9 Å². The minimum atomic E-state index is -3.66. The molecule has 0 spiro atoms. The second-order valence-electron chi connectivity index (χ2n) is 8.20. The fourth-order valence-corrected chi connectivity index (χ4v) is 4.52. The van der Waals surface area contributed by atoms with Gasteiger partial charge in [-0.1, -0.05) is 36.4 Å². The summed E-state index contributed by atoms with van der Waals surface area (Å²) in [7, 11) is -2.20. The van der Waals surface area contributed by atoms with Crippen LogP contribution in [-0.4, -0.2) is 55.1 Å². The standard InChI is InChI=1S/C24H32FN3O4S/c1-18(2)26-24(30)19(3)28(17-20-11-8-9-14-22(20)25)23(29)15-10-16-27(4)33(31,32)21-12-6-5-7-13-21/h5-9,11-14,18-19H,10,15-17H2,1-4H3,(H,26,30)/t19-/m0/s1. The molecule has 2 amide bonds. The molecule has 0 saturated carbocycles. The van der Waals surface area contributed by atoms with E-state index < -0.39 is 21.9 Å². The lowest BCUT2D eigenvalue weighted by Crippen LogP contribution is -2.49. The molecule has 0 heterocycles. The third-order valence-corrected chi connectivity index (χ3v) is 7.08. The van der Waals surface area contributed by atoms with Gasteiger partial charge < -0.3 is 10.2 Å². The van der Waals surface area contributed by atoms with Crippen LogP contribution in [0.2, 0.25) is 0 Å². The molecule has 7 nitrogen and oxygen atoms in total. The molecule has 0 fully saturated rings. The number of hydrogen-bond donors (Lipinski definition) is 1. The Labute approximate surface area is 195 Å². The number of halogens is 1. The van der Waals surface area contributed by atoms with Crippen molar-refractivity contribution in [1.29, 1.82) is 0 Å². The Bertz CT molecular complexity index is 1040. The molecule has 1 N–H and O–H groups in total. The van der Waals surface area contributed by atoms with Crippen molar-refractivity contribution in [3.8, 4) is 0 Å². The first kappa shape index (κ1) is 26.5. The van der Waals surface area contributed by atoms with Crippen LogP contribution in [0, 0.1) is 5.82 Å². The number of nitrogens with one attached hydrogen (secondary N) is 1. The molecular weight excluding hydrogens is 445 g/mol. The van der Waals surface area contributed by atoms with E-state index in [1.54, 1.807) is 43.3 Å². The Balaban J connectivity index is 2.09. The normalized spacial score (nSPS) is 12.6. The summed E-state index contributed by atoms with van der Waals surface area (Å²) in [5.41, 5.74) is 0.304. The first-order valence-electron chi connectivity index (χ1n) is 10.9. The van der Waals surface area contributed by atoms with Crippen molar-refractivity contribution in [1.82, 2.24) is 14.5 Å². The largest absolute Gasteiger partial charge is 0.352 e. The highest BCUT2D eigenvalue weighted by atomic mass is 32.2. The van der Waals surface area contributed by atoms with E-state index in [1.165, 1.54) is 34.5 Å². The van der Waals surface area contributed by atoms with Gasteiger partial charge >= 0.3 is 0 Å². The van der Waals surface area contributed by atoms with Crippen molar-refractivity contribution >= 4 is 21.8 Å². The number of carbonyl (C=O) groups is 2. The van der Waals surface area contributed by atoms with Crippen LogP contribution in [0.3, 0.4) is 0 Å². The van der Waals surface area contributed by atoms with Crippen molar-refractivity contribution in [3.05, 3.63) is 66.0 Å². The quantitative estimate of drug-likeness (QED) is 0.539. The van der Waals surface area contributed by atoms with Crippen LogP contribution in [0.4, 0.5) is 4.39 Å². The second kappa shape index (κ2) is 11.9. The van der Waals surface area contributed by atoms with Gasteiger partial charge in [-0.2, -0.15) is 0 Å². The highest BCUT2D eigenvalue weighted by Gasteiger charge is 2.27. The topological polar surface area (TPSA) is 86.8 Å². The van der Waals surface area contributed by atoms with Gasteiger partial charge in [-0.3, -0.25) is 9.59 Å². The Kier molecular flexibility index (Phi) is 9.55. The number of amides is 2. The number of nitrogens with zero attached hydrogens (tertiary/aromatic N) is 2.